The van der Waals surface area contributed by atoms with Gasteiger partial charge in [0.15, 0.2) is 5.82 Å². The van der Waals surface area contributed by atoms with Crippen molar-refractivity contribution in [1.82, 2.24) is 25.0 Å². The van der Waals surface area contributed by atoms with E-state index in [0.29, 0.717) is 28.0 Å². The molecule has 0 radical (unpaired) electrons. The molecule has 2 N–H and O–H groups in total. The minimum atomic E-state index is -4.74. The summed E-state index contributed by atoms with van der Waals surface area (Å²) in [6.45, 7) is 0. The third-order valence-electron chi connectivity index (χ3n) is 3.91. The topological polar surface area (TPSA) is 80.6 Å². The molecule has 0 bridgehead atoms. The summed E-state index contributed by atoms with van der Waals surface area (Å²) in [4.78, 5) is 4.38. The highest BCUT2D eigenvalue weighted by Crippen LogP contribution is 2.32. The number of nitrogens with one attached hydrogen (secondary N) is 2. The van der Waals surface area contributed by atoms with Crippen LogP contribution in [0, 0.1) is 0 Å². The fraction of sp³-hybridized carbons (Fsp3) is 0.118. The molecule has 0 aliphatic carbocycles. The molecule has 0 amide bonds. The molecule has 0 saturated heterocycles. The SMILES string of the molecule is Cn1nc(-c2ccc(OC(F)(F)F)cc2)nc1Nc1ccc2[nH]ncc2c1Cl. The van der Waals surface area contributed by atoms with E-state index in [-0.39, 0.29) is 5.75 Å². The number of hydrogen-bond donors (Lipinski definition) is 2. The van der Waals surface area contributed by atoms with Crippen LogP contribution in [0.5, 0.6) is 5.75 Å². The number of aromatic nitrogens is 5. The van der Waals surface area contributed by atoms with Crippen molar-refractivity contribution in [3.8, 4) is 17.1 Å². The summed E-state index contributed by atoms with van der Waals surface area (Å²) < 4.78 is 42.2. The molecule has 144 valence electrons. The zero-order valence-electron chi connectivity index (χ0n) is 14.3. The molecule has 0 spiro atoms. The lowest BCUT2D eigenvalue weighted by Gasteiger charge is -2.08. The summed E-state index contributed by atoms with van der Waals surface area (Å²) >= 11 is 6.39. The number of rotatable bonds is 4. The van der Waals surface area contributed by atoms with E-state index < -0.39 is 6.36 Å². The highest BCUT2D eigenvalue weighted by Gasteiger charge is 2.31. The van der Waals surface area contributed by atoms with Gasteiger partial charge in [-0.2, -0.15) is 10.1 Å². The molecule has 7 nitrogen and oxygen atoms in total. The Labute approximate surface area is 161 Å². The Morgan fingerprint density at radius 3 is 2.61 bits per heavy atom. The highest BCUT2D eigenvalue weighted by molar-refractivity contribution is 6.38. The molecule has 0 aliphatic heterocycles. The predicted molar refractivity (Wildman–Crippen MR) is 97.5 cm³/mol. The zero-order valence-corrected chi connectivity index (χ0v) is 15.0. The van der Waals surface area contributed by atoms with Crippen LogP contribution in [0.15, 0.2) is 42.6 Å². The fourth-order valence-electron chi connectivity index (χ4n) is 2.62. The van der Waals surface area contributed by atoms with E-state index in [0.717, 1.165) is 10.9 Å². The third kappa shape index (κ3) is 3.58. The number of nitrogens with zero attached hydrogens (tertiary/aromatic N) is 4. The lowest BCUT2D eigenvalue weighted by Crippen LogP contribution is -2.16. The number of aromatic amines is 1. The minimum absolute atomic E-state index is 0.314. The van der Waals surface area contributed by atoms with Crippen LogP contribution in [0.4, 0.5) is 24.8 Å². The molecular weight excluding hydrogens is 397 g/mol. The molecule has 0 atom stereocenters. The van der Waals surface area contributed by atoms with Crippen molar-refractivity contribution in [2.24, 2.45) is 7.05 Å². The number of alkyl halides is 3. The van der Waals surface area contributed by atoms with Gasteiger partial charge in [-0.3, -0.25) is 5.10 Å². The second-order valence-electron chi connectivity index (χ2n) is 5.84. The Balaban J connectivity index is 1.59. The number of fused-ring (bicyclic) bond motifs is 1. The van der Waals surface area contributed by atoms with Gasteiger partial charge < -0.3 is 10.1 Å². The van der Waals surface area contributed by atoms with Crippen LogP contribution >= 0.6 is 11.6 Å². The molecule has 28 heavy (non-hydrogen) atoms. The summed E-state index contributed by atoms with van der Waals surface area (Å²) in [5.74, 6) is 0.435. The first-order chi connectivity index (χ1) is 13.3. The molecule has 0 saturated carbocycles. The molecule has 2 heterocycles. The number of H-pyrrole nitrogens is 1. The first kappa shape index (κ1) is 18.1. The Morgan fingerprint density at radius 2 is 1.89 bits per heavy atom. The first-order valence-electron chi connectivity index (χ1n) is 7.96. The number of hydrogen-bond acceptors (Lipinski definition) is 5. The standard InChI is InChI=1S/C17H12ClF3N6O/c1-27-16(23-13-7-6-12-11(14(13)18)8-22-25-12)24-15(26-27)9-2-4-10(5-3-9)28-17(19,20)21/h2-8H,1H3,(H,22,25)(H,23,24,26). The maximum absolute atomic E-state index is 12.3. The summed E-state index contributed by atoms with van der Waals surface area (Å²) in [6.07, 6.45) is -3.12. The summed E-state index contributed by atoms with van der Waals surface area (Å²) in [6, 6.07) is 8.91. The van der Waals surface area contributed by atoms with Gasteiger partial charge in [0.05, 0.1) is 22.4 Å². The zero-order chi connectivity index (χ0) is 19.9. The molecule has 2 aromatic carbocycles. The van der Waals surface area contributed by atoms with Gasteiger partial charge in [0, 0.05) is 18.0 Å². The first-order valence-corrected chi connectivity index (χ1v) is 8.34. The van der Waals surface area contributed by atoms with Gasteiger partial charge in [0.1, 0.15) is 5.75 Å². The van der Waals surface area contributed by atoms with E-state index in [1.165, 1.54) is 28.9 Å². The lowest BCUT2D eigenvalue weighted by atomic mass is 10.2. The predicted octanol–water partition coefficient (Wildman–Crippen LogP) is 4.65. The quantitative estimate of drug-likeness (QED) is 0.513. The normalized spacial score (nSPS) is 11.8. The van der Waals surface area contributed by atoms with Crippen LogP contribution in [0.3, 0.4) is 0 Å². The number of benzene rings is 2. The number of ether oxygens (including phenoxy) is 1. The van der Waals surface area contributed by atoms with Crippen molar-refractivity contribution in [3.05, 3.63) is 47.6 Å². The van der Waals surface area contributed by atoms with E-state index in [2.05, 4.69) is 30.3 Å². The monoisotopic (exact) mass is 408 g/mol. The lowest BCUT2D eigenvalue weighted by molar-refractivity contribution is -0.274. The Hall–Kier alpha value is -3.27. The molecular formula is C17H12ClF3N6O. The van der Waals surface area contributed by atoms with Crippen LogP contribution in [0.1, 0.15) is 0 Å². The van der Waals surface area contributed by atoms with Crippen molar-refractivity contribution in [1.29, 1.82) is 0 Å². The average molecular weight is 409 g/mol. The van der Waals surface area contributed by atoms with Gasteiger partial charge in [-0.05, 0) is 36.4 Å². The average Bonchev–Trinajstić information content (AvgIpc) is 3.24. The van der Waals surface area contributed by atoms with E-state index in [1.54, 1.807) is 19.3 Å². The molecule has 0 aliphatic rings. The Morgan fingerprint density at radius 1 is 1.14 bits per heavy atom. The van der Waals surface area contributed by atoms with E-state index in [4.69, 9.17) is 11.6 Å². The molecule has 2 aromatic heterocycles. The molecule has 11 heteroatoms. The molecule has 0 unspecified atom stereocenters. The van der Waals surface area contributed by atoms with Gasteiger partial charge >= 0.3 is 6.36 Å². The summed E-state index contributed by atoms with van der Waals surface area (Å²) in [5, 5.41) is 15.4. The highest BCUT2D eigenvalue weighted by atomic mass is 35.5. The second kappa shape index (κ2) is 6.71. The Bertz CT molecular complexity index is 1140. The van der Waals surface area contributed by atoms with Gasteiger partial charge in [-0.15, -0.1) is 18.3 Å². The van der Waals surface area contributed by atoms with Crippen LogP contribution in [-0.4, -0.2) is 31.3 Å². The van der Waals surface area contributed by atoms with Crippen LogP contribution in [0.2, 0.25) is 5.02 Å². The Kier molecular flexibility index (Phi) is 4.34. The number of halogens is 4. The van der Waals surface area contributed by atoms with Crippen molar-refractivity contribution < 1.29 is 17.9 Å². The van der Waals surface area contributed by atoms with Gasteiger partial charge in [-0.25, -0.2) is 4.68 Å². The third-order valence-corrected chi connectivity index (χ3v) is 4.32. The number of aryl methyl sites for hydroxylation is 1. The van der Waals surface area contributed by atoms with E-state index >= 15 is 0 Å². The fourth-order valence-corrected chi connectivity index (χ4v) is 2.88. The summed E-state index contributed by atoms with van der Waals surface area (Å²) in [5.41, 5.74) is 1.96. The minimum Gasteiger partial charge on any atom is -0.406 e. The van der Waals surface area contributed by atoms with Crippen molar-refractivity contribution in [2.75, 3.05) is 5.32 Å². The van der Waals surface area contributed by atoms with Crippen LogP contribution in [-0.2, 0) is 7.05 Å². The van der Waals surface area contributed by atoms with Gasteiger partial charge in [0.25, 0.3) is 0 Å². The molecule has 4 aromatic rings. The number of anilines is 2. The van der Waals surface area contributed by atoms with Crippen LogP contribution in [0.25, 0.3) is 22.3 Å². The largest absolute Gasteiger partial charge is 0.573 e. The maximum atomic E-state index is 12.3. The van der Waals surface area contributed by atoms with Crippen molar-refractivity contribution in [2.45, 2.75) is 6.36 Å². The molecule has 0 fully saturated rings. The van der Waals surface area contributed by atoms with Crippen molar-refractivity contribution >= 4 is 34.1 Å². The van der Waals surface area contributed by atoms with Crippen molar-refractivity contribution in [3.63, 3.8) is 0 Å². The van der Waals surface area contributed by atoms with E-state index in [9.17, 15) is 13.2 Å². The van der Waals surface area contributed by atoms with Gasteiger partial charge in [-0.1, -0.05) is 11.6 Å². The molecule has 4 rings (SSSR count). The van der Waals surface area contributed by atoms with Gasteiger partial charge in [0.2, 0.25) is 5.95 Å². The smallest absolute Gasteiger partial charge is 0.406 e. The van der Waals surface area contributed by atoms with E-state index in [1.807, 2.05) is 6.07 Å². The summed E-state index contributed by atoms with van der Waals surface area (Å²) in [7, 11) is 1.68. The second-order valence-corrected chi connectivity index (χ2v) is 6.22. The van der Waals surface area contributed by atoms with Crippen LogP contribution < -0.4 is 10.1 Å². The maximum Gasteiger partial charge on any atom is 0.573 e.